The van der Waals surface area contributed by atoms with Crippen molar-refractivity contribution in [3.05, 3.63) is 0 Å². The van der Waals surface area contributed by atoms with Crippen molar-refractivity contribution in [2.24, 2.45) is 0 Å². The molecular weight excluding hydrogens is 182 g/mol. The maximum atomic E-state index is 9.21. The topological polar surface area (TPSA) is 50.7 Å². The van der Waals surface area contributed by atoms with Crippen LogP contribution in [0.25, 0.3) is 0 Å². The summed E-state index contributed by atoms with van der Waals surface area (Å²) in [7, 11) is 1.64. The Hall–Kier alpha value is -0.160. The third-order valence-electron chi connectivity index (χ3n) is 2.59. The van der Waals surface area contributed by atoms with Gasteiger partial charge in [-0.15, -0.1) is 0 Å². The monoisotopic (exact) mass is 203 g/mol. The van der Waals surface area contributed by atoms with E-state index in [2.05, 4.69) is 5.32 Å². The Labute approximate surface area is 85.6 Å². The van der Waals surface area contributed by atoms with Crippen molar-refractivity contribution < 1.29 is 14.6 Å². The Kier molecular flexibility index (Phi) is 4.81. The first-order valence-corrected chi connectivity index (χ1v) is 5.16. The lowest BCUT2D eigenvalue weighted by Gasteiger charge is -2.29. The molecule has 0 amide bonds. The molecule has 1 rings (SSSR count). The molecule has 0 saturated carbocycles. The normalized spacial score (nSPS) is 26.4. The van der Waals surface area contributed by atoms with Crippen LogP contribution in [0, 0.1) is 0 Å². The summed E-state index contributed by atoms with van der Waals surface area (Å²) < 4.78 is 10.5. The maximum absolute atomic E-state index is 9.21. The largest absolute Gasteiger partial charge is 0.394 e. The highest BCUT2D eigenvalue weighted by Crippen LogP contribution is 2.12. The molecule has 0 aromatic carbocycles. The van der Waals surface area contributed by atoms with Gasteiger partial charge in [0.1, 0.15) is 0 Å². The van der Waals surface area contributed by atoms with Crippen molar-refractivity contribution in [3.8, 4) is 0 Å². The molecule has 0 aliphatic carbocycles. The van der Waals surface area contributed by atoms with Crippen LogP contribution in [0.2, 0.25) is 0 Å². The summed E-state index contributed by atoms with van der Waals surface area (Å²) in [6.07, 6.45) is 2.56. The molecule has 1 saturated heterocycles. The Morgan fingerprint density at radius 2 is 2.43 bits per heavy atom. The molecule has 1 fully saturated rings. The third-order valence-corrected chi connectivity index (χ3v) is 2.59. The first kappa shape index (κ1) is 11.9. The molecule has 0 spiro atoms. The van der Waals surface area contributed by atoms with Gasteiger partial charge in [-0.25, -0.2) is 0 Å². The number of rotatable bonds is 6. The molecule has 14 heavy (non-hydrogen) atoms. The predicted octanol–water partition coefficient (Wildman–Crippen LogP) is 0.152. The van der Waals surface area contributed by atoms with E-state index in [1.54, 1.807) is 7.11 Å². The summed E-state index contributed by atoms with van der Waals surface area (Å²) in [6.45, 7) is 4.20. The highest BCUT2D eigenvalue weighted by atomic mass is 16.5. The summed E-state index contributed by atoms with van der Waals surface area (Å²) in [5.41, 5.74) is -0.347. The van der Waals surface area contributed by atoms with Gasteiger partial charge >= 0.3 is 0 Å². The summed E-state index contributed by atoms with van der Waals surface area (Å²) in [4.78, 5) is 0. The number of nitrogens with one attached hydrogen (secondary N) is 1. The molecule has 1 aliphatic rings. The minimum Gasteiger partial charge on any atom is -0.394 e. The highest BCUT2D eigenvalue weighted by Gasteiger charge is 2.25. The molecule has 2 N–H and O–H groups in total. The summed E-state index contributed by atoms with van der Waals surface area (Å²) >= 11 is 0. The van der Waals surface area contributed by atoms with E-state index in [4.69, 9.17) is 9.47 Å². The lowest BCUT2D eigenvalue weighted by molar-refractivity contribution is 0.0529. The van der Waals surface area contributed by atoms with Gasteiger partial charge in [0.15, 0.2) is 0 Å². The van der Waals surface area contributed by atoms with Gasteiger partial charge < -0.3 is 19.9 Å². The van der Waals surface area contributed by atoms with Gasteiger partial charge in [0, 0.05) is 20.3 Å². The van der Waals surface area contributed by atoms with E-state index in [1.807, 2.05) is 6.92 Å². The second-order valence-electron chi connectivity index (χ2n) is 4.17. The summed E-state index contributed by atoms with van der Waals surface area (Å²) in [5, 5.41) is 12.5. The first-order chi connectivity index (χ1) is 6.70. The maximum Gasteiger partial charge on any atom is 0.0700 e. The second kappa shape index (κ2) is 5.66. The lowest BCUT2D eigenvalue weighted by atomic mass is 10.0. The lowest BCUT2D eigenvalue weighted by Crippen LogP contribution is -2.51. The van der Waals surface area contributed by atoms with Crippen LogP contribution >= 0.6 is 0 Å². The van der Waals surface area contributed by atoms with E-state index in [1.165, 1.54) is 0 Å². The van der Waals surface area contributed by atoms with E-state index in [9.17, 15) is 5.11 Å². The molecule has 0 radical (unpaired) electrons. The molecule has 0 aromatic rings. The number of methoxy groups -OCH3 is 1. The Bertz CT molecular complexity index is 159. The zero-order valence-corrected chi connectivity index (χ0v) is 9.08. The molecule has 2 atom stereocenters. The number of aliphatic hydroxyl groups is 1. The molecule has 0 bridgehead atoms. The number of ether oxygens (including phenoxy) is 2. The minimum atomic E-state index is -0.347. The average molecular weight is 203 g/mol. The van der Waals surface area contributed by atoms with Crippen LogP contribution in [-0.4, -0.2) is 50.2 Å². The fraction of sp³-hybridized carbons (Fsp3) is 1.00. The van der Waals surface area contributed by atoms with Gasteiger partial charge in [0.05, 0.1) is 24.9 Å². The first-order valence-electron chi connectivity index (χ1n) is 5.16. The summed E-state index contributed by atoms with van der Waals surface area (Å²) in [5.74, 6) is 0. The van der Waals surface area contributed by atoms with Gasteiger partial charge in [-0.05, 0) is 19.8 Å². The second-order valence-corrected chi connectivity index (χ2v) is 4.17. The van der Waals surface area contributed by atoms with Gasteiger partial charge in [0.25, 0.3) is 0 Å². The molecule has 0 aromatic heterocycles. The van der Waals surface area contributed by atoms with E-state index in [0.29, 0.717) is 12.7 Å². The quantitative estimate of drug-likeness (QED) is 0.645. The number of hydrogen-bond donors (Lipinski definition) is 2. The Morgan fingerprint density at radius 3 is 2.93 bits per heavy atom. The molecule has 1 aliphatic heterocycles. The van der Waals surface area contributed by atoms with Gasteiger partial charge in [0.2, 0.25) is 0 Å². The average Bonchev–Trinajstić information content (AvgIpc) is 2.68. The van der Waals surface area contributed by atoms with Crippen molar-refractivity contribution in [1.82, 2.24) is 5.32 Å². The fourth-order valence-corrected chi connectivity index (χ4v) is 1.64. The van der Waals surface area contributed by atoms with Crippen LogP contribution in [0.15, 0.2) is 0 Å². The third kappa shape index (κ3) is 3.53. The summed E-state index contributed by atoms with van der Waals surface area (Å²) in [6, 6.07) is 0. The minimum absolute atomic E-state index is 0.0769. The van der Waals surface area contributed by atoms with Crippen molar-refractivity contribution >= 4 is 0 Å². The van der Waals surface area contributed by atoms with E-state index in [-0.39, 0.29) is 12.1 Å². The SMILES string of the molecule is COCC(C)(CO)NCC1CCCO1. The van der Waals surface area contributed by atoms with Crippen molar-refractivity contribution in [2.75, 3.05) is 33.5 Å². The Morgan fingerprint density at radius 1 is 1.64 bits per heavy atom. The van der Waals surface area contributed by atoms with Gasteiger partial charge in [-0.2, -0.15) is 0 Å². The van der Waals surface area contributed by atoms with Crippen molar-refractivity contribution in [2.45, 2.75) is 31.4 Å². The van der Waals surface area contributed by atoms with Gasteiger partial charge in [-0.1, -0.05) is 0 Å². The number of hydrogen-bond acceptors (Lipinski definition) is 4. The zero-order valence-electron chi connectivity index (χ0n) is 9.08. The van der Waals surface area contributed by atoms with Crippen LogP contribution in [0.3, 0.4) is 0 Å². The smallest absolute Gasteiger partial charge is 0.0700 e. The van der Waals surface area contributed by atoms with Crippen LogP contribution in [0.1, 0.15) is 19.8 Å². The molecule has 1 heterocycles. The van der Waals surface area contributed by atoms with Crippen molar-refractivity contribution in [1.29, 1.82) is 0 Å². The standard InChI is InChI=1S/C10H21NO3/c1-10(7-12,8-13-2)11-6-9-4-3-5-14-9/h9,11-12H,3-8H2,1-2H3. The number of aliphatic hydroxyl groups excluding tert-OH is 1. The van der Waals surface area contributed by atoms with E-state index in [0.717, 1.165) is 26.0 Å². The highest BCUT2D eigenvalue weighted by molar-refractivity contribution is 4.83. The van der Waals surface area contributed by atoms with Crippen LogP contribution in [0.5, 0.6) is 0 Å². The zero-order chi connectivity index (χ0) is 10.4. The fourth-order valence-electron chi connectivity index (χ4n) is 1.64. The van der Waals surface area contributed by atoms with Crippen LogP contribution in [0.4, 0.5) is 0 Å². The van der Waals surface area contributed by atoms with Crippen LogP contribution < -0.4 is 5.32 Å². The molecule has 84 valence electrons. The molecule has 2 unspecified atom stereocenters. The van der Waals surface area contributed by atoms with E-state index >= 15 is 0 Å². The van der Waals surface area contributed by atoms with Gasteiger partial charge in [-0.3, -0.25) is 0 Å². The molecular formula is C10H21NO3. The predicted molar refractivity (Wildman–Crippen MR) is 54.3 cm³/mol. The molecule has 4 heteroatoms. The van der Waals surface area contributed by atoms with E-state index < -0.39 is 0 Å². The van der Waals surface area contributed by atoms with Crippen molar-refractivity contribution in [3.63, 3.8) is 0 Å². The van der Waals surface area contributed by atoms with Crippen LogP contribution in [-0.2, 0) is 9.47 Å². The Balaban J connectivity index is 2.25. The molecule has 4 nitrogen and oxygen atoms in total.